The number of hydrogen-bond donors (Lipinski definition) is 2. The first-order chi connectivity index (χ1) is 10.2. The van der Waals surface area contributed by atoms with Crippen molar-refractivity contribution in [1.29, 1.82) is 5.26 Å². The summed E-state index contributed by atoms with van der Waals surface area (Å²) in [7, 11) is 1.35. The van der Waals surface area contributed by atoms with Crippen molar-refractivity contribution in [2.24, 2.45) is 0 Å². The zero-order valence-electron chi connectivity index (χ0n) is 11.3. The summed E-state index contributed by atoms with van der Waals surface area (Å²) in [5.74, 6) is -0.786. The highest BCUT2D eigenvalue weighted by atomic mass is 16.6. The lowest BCUT2D eigenvalue weighted by Gasteiger charge is -2.04. The van der Waals surface area contributed by atoms with E-state index in [1.54, 1.807) is 12.1 Å². The molecule has 0 atom stereocenters. The van der Waals surface area contributed by atoms with E-state index < -0.39 is 12.6 Å². The van der Waals surface area contributed by atoms with Crippen molar-refractivity contribution in [2.45, 2.75) is 0 Å². The van der Waals surface area contributed by atoms with Gasteiger partial charge < -0.3 is 19.6 Å². The first-order valence-corrected chi connectivity index (χ1v) is 6.07. The Morgan fingerprint density at radius 3 is 2.86 bits per heavy atom. The predicted octanol–water partition coefficient (Wildman–Crippen LogP) is 1.55. The average molecular weight is 287 g/mol. The zero-order chi connectivity index (χ0) is 15.2. The van der Waals surface area contributed by atoms with Crippen molar-refractivity contribution in [3.05, 3.63) is 35.8 Å². The number of nitrogens with zero attached hydrogens (tertiary/aromatic N) is 2. The quantitative estimate of drug-likeness (QED) is 0.490. The topological polar surface area (TPSA) is 108 Å². The number of fused-ring (bicyclic) bond motifs is 1. The lowest BCUT2D eigenvalue weighted by molar-refractivity contribution is -0.147. The molecule has 0 aliphatic heterocycles. The average Bonchev–Trinajstić information content (AvgIpc) is 2.89. The molecule has 1 heterocycles. The van der Waals surface area contributed by atoms with Gasteiger partial charge in [-0.1, -0.05) is 12.1 Å². The molecule has 7 heteroatoms. The van der Waals surface area contributed by atoms with E-state index >= 15 is 0 Å². The number of rotatable bonds is 5. The minimum atomic E-state index is -0.633. The van der Waals surface area contributed by atoms with Crippen molar-refractivity contribution in [3.8, 4) is 6.07 Å². The van der Waals surface area contributed by atoms with Crippen molar-refractivity contribution < 1.29 is 19.4 Å². The number of imidazole rings is 1. The van der Waals surface area contributed by atoms with Gasteiger partial charge in [0.25, 0.3) is 0 Å². The number of aliphatic hydroxyl groups excluding tert-OH is 1. The number of allylic oxidation sites excluding steroid dienone is 1. The highest BCUT2D eigenvalue weighted by molar-refractivity contribution is 5.83. The third-order valence-corrected chi connectivity index (χ3v) is 2.66. The van der Waals surface area contributed by atoms with Crippen molar-refractivity contribution in [3.63, 3.8) is 0 Å². The van der Waals surface area contributed by atoms with Crippen LogP contribution in [-0.4, -0.2) is 41.4 Å². The third kappa shape index (κ3) is 3.38. The molecule has 0 fully saturated rings. The van der Waals surface area contributed by atoms with Gasteiger partial charge >= 0.3 is 5.97 Å². The molecule has 108 valence electrons. The molecule has 0 bridgehead atoms. The molecule has 2 rings (SSSR count). The normalized spacial score (nSPS) is 11.8. The number of para-hydroxylation sites is 2. The number of nitrogens with one attached hydrogen (secondary N) is 1. The van der Waals surface area contributed by atoms with Crippen LogP contribution in [0.15, 0.2) is 30.0 Å². The molecule has 0 amide bonds. The maximum absolute atomic E-state index is 11.1. The smallest absolute Gasteiger partial charge is 0.332 e. The van der Waals surface area contributed by atoms with Crippen LogP contribution in [0, 0.1) is 11.3 Å². The summed E-state index contributed by atoms with van der Waals surface area (Å²) in [4.78, 5) is 18.3. The maximum atomic E-state index is 11.1. The summed E-state index contributed by atoms with van der Waals surface area (Å²) in [6.07, 6.45) is 0. The number of hydrogen-bond acceptors (Lipinski definition) is 6. The Bertz CT molecular complexity index is 694. The highest BCUT2D eigenvalue weighted by Gasteiger charge is 2.14. The SMILES string of the molecule is COCC(=O)OCC(O)=C(C#N)c1nc2ccccc2[nH]1. The number of carbonyl (C=O) groups is 1. The fourth-order valence-corrected chi connectivity index (χ4v) is 1.71. The van der Waals surface area contributed by atoms with Gasteiger partial charge in [0.15, 0.2) is 11.6 Å². The molecule has 0 unspecified atom stereocenters. The van der Waals surface area contributed by atoms with E-state index in [-0.39, 0.29) is 23.8 Å². The van der Waals surface area contributed by atoms with Gasteiger partial charge in [-0.2, -0.15) is 5.26 Å². The zero-order valence-corrected chi connectivity index (χ0v) is 11.3. The molecule has 21 heavy (non-hydrogen) atoms. The van der Waals surface area contributed by atoms with Crippen LogP contribution in [0.2, 0.25) is 0 Å². The van der Waals surface area contributed by atoms with E-state index in [4.69, 9.17) is 10.00 Å². The molecule has 1 aromatic heterocycles. The number of aromatic amines is 1. The molecule has 1 aromatic carbocycles. The molecule has 7 nitrogen and oxygen atoms in total. The monoisotopic (exact) mass is 287 g/mol. The number of ether oxygens (including phenoxy) is 2. The van der Waals surface area contributed by atoms with E-state index in [0.717, 1.165) is 5.52 Å². The van der Waals surface area contributed by atoms with Gasteiger partial charge in [-0.25, -0.2) is 9.78 Å². The number of aromatic nitrogens is 2. The fraction of sp³-hybridized carbons (Fsp3) is 0.214. The lowest BCUT2D eigenvalue weighted by atomic mass is 10.2. The Kier molecular flexibility index (Phi) is 4.53. The van der Waals surface area contributed by atoms with Gasteiger partial charge in [-0.05, 0) is 12.1 Å². The standard InChI is InChI=1S/C14H13N3O4/c1-20-8-13(19)21-7-12(18)9(6-15)14-16-10-4-2-3-5-11(10)17-14/h2-5,18H,7-8H2,1H3,(H,16,17). The first-order valence-electron chi connectivity index (χ1n) is 6.07. The van der Waals surface area contributed by atoms with Gasteiger partial charge in [-0.3, -0.25) is 0 Å². The van der Waals surface area contributed by atoms with Crippen molar-refractivity contribution in [1.82, 2.24) is 9.97 Å². The number of carbonyl (C=O) groups excluding carboxylic acids is 1. The van der Waals surface area contributed by atoms with Gasteiger partial charge in [0.2, 0.25) is 0 Å². The van der Waals surface area contributed by atoms with Crippen molar-refractivity contribution >= 4 is 22.6 Å². The van der Waals surface area contributed by atoms with Crippen LogP contribution >= 0.6 is 0 Å². The summed E-state index contributed by atoms with van der Waals surface area (Å²) in [5, 5.41) is 19.0. The molecule has 0 saturated heterocycles. The largest absolute Gasteiger partial charge is 0.507 e. The maximum Gasteiger partial charge on any atom is 0.332 e. The molecule has 0 spiro atoms. The molecule has 0 radical (unpaired) electrons. The number of benzene rings is 1. The predicted molar refractivity (Wildman–Crippen MR) is 74.1 cm³/mol. The van der Waals surface area contributed by atoms with Crippen LogP contribution < -0.4 is 0 Å². The Hall–Kier alpha value is -2.85. The second-order valence-corrected chi connectivity index (χ2v) is 4.13. The summed E-state index contributed by atoms with van der Waals surface area (Å²) in [6, 6.07) is 9.07. The van der Waals surface area contributed by atoms with Crippen LogP contribution in [0.1, 0.15) is 5.82 Å². The minimum Gasteiger partial charge on any atom is -0.507 e. The minimum absolute atomic E-state index is 0.0728. The fourth-order valence-electron chi connectivity index (χ4n) is 1.71. The molecule has 2 N–H and O–H groups in total. The first kappa shape index (κ1) is 14.6. The third-order valence-electron chi connectivity index (χ3n) is 2.66. The Balaban J connectivity index is 2.23. The van der Waals surface area contributed by atoms with Gasteiger partial charge in [-0.15, -0.1) is 0 Å². The summed E-state index contributed by atoms with van der Waals surface area (Å²) in [5.41, 5.74) is 1.34. The van der Waals surface area contributed by atoms with Crippen LogP contribution in [0.5, 0.6) is 0 Å². The van der Waals surface area contributed by atoms with E-state index in [1.807, 2.05) is 18.2 Å². The second-order valence-electron chi connectivity index (χ2n) is 4.13. The molecule has 0 saturated carbocycles. The van der Waals surface area contributed by atoms with Gasteiger partial charge in [0, 0.05) is 7.11 Å². The van der Waals surface area contributed by atoms with Crippen LogP contribution in [-0.2, 0) is 14.3 Å². The van der Waals surface area contributed by atoms with Crippen LogP contribution in [0.3, 0.4) is 0 Å². The van der Waals surface area contributed by atoms with Gasteiger partial charge in [0.1, 0.15) is 24.9 Å². The molecular weight excluding hydrogens is 274 g/mol. The summed E-state index contributed by atoms with van der Waals surface area (Å²) in [6.45, 7) is -0.637. The Morgan fingerprint density at radius 1 is 1.43 bits per heavy atom. The molecule has 0 aliphatic carbocycles. The lowest BCUT2D eigenvalue weighted by Crippen LogP contribution is -2.13. The van der Waals surface area contributed by atoms with E-state index in [9.17, 15) is 9.90 Å². The summed E-state index contributed by atoms with van der Waals surface area (Å²) < 4.78 is 9.35. The Morgan fingerprint density at radius 2 is 2.19 bits per heavy atom. The number of nitriles is 1. The molecule has 0 aliphatic rings. The van der Waals surface area contributed by atoms with E-state index in [0.29, 0.717) is 5.52 Å². The van der Waals surface area contributed by atoms with Crippen LogP contribution in [0.25, 0.3) is 16.6 Å². The number of H-pyrrole nitrogens is 1. The number of esters is 1. The number of methoxy groups -OCH3 is 1. The molecular formula is C14H13N3O4. The van der Waals surface area contributed by atoms with Crippen LogP contribution in [0.4, 0.5) is 0 Å². The summed E-state index contributed by atoms with van der Waals surface area (Å²) >= 11 is 0. The van der Waals surface area contributed by atoms with Gasteiger partial charge in [0.05, 0.1) is 11.0 Å². The van der Waals surface area contributed by atoms with Crippen molar-refractivity contribution in [2.75, 3.05) is 20.3 Å². The number of aliphatic hydroxyl groups is 1. The van der Waals surface area contributed by atoms with E-state index in [2.05, 4.69) is 14.7 Å². The highest BCUT2D eigenvalue weighted by Crippen LogP contribution is 2.18. The second kappa shape index (κ2) is 6.54. The molecule has 2 aromatic rings. The van der Waals surface area contributed by atoms with E-state index in [1.165, 1.54) is 7.11 Å². The Labute approximate surface area is 120 Å².